The predicted octanol–water partition coefficient (Wildman–Crippen LogP) is 5.43. The molecule has 0 unspecified atom stereocenters. The monoisotopic (exact) mass is 476 g/mol. The molecule has 1 aromatic heterocycles. The molecule has 0 aliphatic carbocycles. The molecule has 5 aromatic rings. The lowest BCUT2D eigenvalue weighted by atomic mass is 10.2. The fourth-order valence-corrected chi connectivity index (χ4v) is 3.80. The number of ether oxygens (including phenoxy) is 1. The third-order valence-electron chi connectivity index (χ3n) is 5.55. The van der Waals surface area contributed by atoms with Crippen molar-refractivity contribution >= 4 is 22.8 Å². The van der Waals surface area contributed by atoms with E-state index in [1.54, 1.807) is 30.3 Å². The average molecular weight is 476 g/mol. The third-order valence-corrected chi connectivity index (χ3v) is 5.55. The minimum atomic E-state index is -0.503. The molecule has 8 nitrogen and oxygen atoms in total. The number of benzene rings is 4. The highest BCUT2D eigenvalue weighted by molar-refractivity contribution is 5.86. The topological polar surface area (TPSA) is 99.6 Å². The lowest BCUT2D eigenvalue weighted by molar-refractivity contribution is -0.385. The molecule has 0 atom stereocenters. The van der Waals surface area contributed by atoms with Crippen molar-refractivity contribution in [3.05, 3.63) is 135 Å². The highest BCUT2D eigenvalue weighted by Crippen LogP contribution is 2.31. The first kappa shape index (κ1) is 22.7. The molecule has 0 aliphatic rings. The lowest BCUT2D eigenvalue weighted by Gasteiger charge is -2.11. The molecule has 0 saturated heterocycles. The van der Waals surface area contributed by atoms with Gasteiger partial charge in [0.2, 0.25) is 5.75 Å². The molecule has 8 heteroatoms. The van der Waals surface area contributed by atoms with Gasteiger partial charge in [-0.2, -0.15) is 9.78 Å². The Balaban J connectivity index is 1.62. The normalized spacial score (nSPS) is 11.1. The molecule has 0 bridgehead atoms. The van der Waals surface area contributed by atoms with E-state index in [0.717, 1.165) is 5.56 Å². The minimum absolute atomic E-state index is 0.0677. The summed E-state index contributed by atoms with van der Waals surface area (Å²) in [6.07, 6.45) is 1.39. The summed E-state index contributed by atoms with van der Waals surface area (Å²) in [6, 6.07) is 30.2. The lowest BCUT2D eigenvalue weighted by Crippen LogP contribution is -2.20. The molecular formula is C28H20N4O4. The van der Waals surface area contributed by atoms with Gasteiger partial charge >= 0.3 is 5.69 Å². The van der Waals surface area contributed by atoms with Gasteiger partial charge in [0, 0.05) is 17.2 Å². The summed E-state index contributed by atoms with van der Waals surface area (Å²) in [7, 11) is 0. The van der Waals surface area contributed by atoms with E-state index in [-0.39, 0.29) is 23.6 Å². The fourth-order valence-electron chi connectivity index (χ4n) is 3.80. The summed E-state index contributed by atoms with van der Waals surface area (Å²) in [4.78, 5) is 29.3. The van der Waals surface area contributed by atoms with Gasteiger partial charge in [0.1, 0.15) is 6.61 Å². The molecule has 176 valence electrons. The van der Waals surface area contributed by atoms with Crippen LogP contribution in [0.1, 0.15) is 11.1 Å². The van der Waals surface area contributed by atoms with E-state index in [1.807, 2.05) is 66.7 Å². The molecule has 1 heterocycles. The van der Waals surface area contributed by atoms with Crippen molar-refractivity contribution in [1.29, 1.82) is 0 Å². The number of hydrogen-bond donors (Lipinski definition) is 0. The zero-order valence-corrected chi connectivity index (χ0v) is 19.0. The van der Waals surface area contributed by atoms with Crippen LogP contribution in [-0.4, -0.2) is 20.8 Å². The molecule has 0 saturated carbocycles. The number of hydrogen-bond acceptors (Lipinski definition) is 6. The second kappa shape index (κ2) is 10.0. The molecule has 0 radical (unpaired) electrons. The summed E-state index contributed by atoms with van der Waals surface area (Å²) in [5.74, 6) is 0.422. The smallest absolute Gasteiger partial charge is 0.311 e. The summed E-state index contributed by atoms with van der Waals surface area (Å²) >= 11 is 0. The highest BCUT2D eigenvalue weighted by atomic mass is 16.6. The summed E-state index contributed by atoms with van der Waals surface area (Å²) in [5.41, 5.74) is 1.93. The highest BCUT2D eigenvalue weighted by Gasteiger charge is 2.19. The molecule has 36 heavy (non-hydrogen) atoms. The van der Waals surface area contributed by atoms with E-state index < -0.39 is 4.92 Å². The number of para-hydroxylation sites is 2. The molecule has 0 N–H and O–H groups in total. The van der Waals surface area contributed by atoms with Crippen molar-refractivity contribution in [2.45, 2.75) is 6.61 Å². The summed E-state index contributed by atoms with van der Waals surface area (Å²) in [6.45, 7) is 0.138. The van der Waals surface area contributed by atoms with E-state index in [9.17, 15) is 14.9 Å². The Kier molecular flexibility index (Phi) is 6.31. The van der Waals surface area contributed by atoms with Gasteiger partial charge in [-0.25, -0.2) is 4.98 Å². The van der Waals surface area contributed by atoms with E-state index >= 15 is 0 Å². The first-order valence-electron chi connectivity index (χ1n) is 11.2. The van der Waals surface area contributed by atoms with Gasteiger partial charge in [0.05, 0.1) is 22.0 Å². The van der Waals surface area contributed by atoms with E-state index in [2.05, 4.69) is 10.1 Å². The molecular weight excluding hydrogens is 456 g/mol. The average Bonchev–Trinajstić information content (AvgIpc) is 2.92. The van der Waals surface area contributed by atoms with Crippen molar-refractivity contribution in [3.63, 3.8) is 0 Å². The van der Waals surface area contributed by atoms with Gasteiger partial charge in [-0.1, -0.05) is 78.9 Å². The predicted molar refractivity (Wildman–Crippen MR) is 138 cm³/mol. The molecule has 0 aliphatic heterocycles. The minimum Gasteiger partial charge on any atom is -0.481 e. The van der Waals surface area contributed by atoms with Crippen molar-refractivity contribution < 1.29 is 9.66 Å². The second-order valence-corrected chi connectivity index (χ2v) is 7.91. The Morgan fingerprint density at radius 2 is 1.58 bits per heavy atom. The Hall–Kier alpha value is -5.11. The van der Waals surface area contributed by atoms with Gasteiger partial charge in [-0.15, -0.1) is 0 Å². The van der Waals surface area contributed by atoms with Crippen LogP contribution in [0.25, 0.3) is 22.3 Å². The van der Waals surface area contributed by atoms with Crippen molar-refractivity contribution in [2.24, 2.45) is 5.10 Å². The quantitative estimate of drug-likeness (QED) is 0.177. The van der Waals surface area contributed by atoms with Crippen LogP contribution in [-0.2, 0) is 6.61 Å². The van der Waals surface area contributed by atoms with E-state index in [1.165, 1.54) is 17.0 Å². The van der Waals surface area contributed by atoms with Crippen molar-refractivity contribution in [2.75, 3.05) is 0 Å². The Bertz CT molecular complexity index is 1630. The third kappa shape index (κ3) is 4.60. The Morgan fingerprint density at radius 3 is 2.33 bits per heavy atom. The molecule has 0 amide bonds. The number of nitro benzene ring substituents is 1. The number of fused-ring (bicyclic) bond motifs is 1. The zero-order valence-electron chi connectivity index (χ0n) is 19.0. The number of aromatic nitrogens is 2. The van der Waals surface area contributed by atoms with Crippen LogP contribution in [0.4, 0.5) is 5.69 Å². The number of rotatable bonds is 7. The maximum Gasteiger partial charge on any atom is 0.311 e. The summed E-state index contributed by atoms with van der Waals surface area (Å²) in [5, 5.41) is 16.6. The van der Waals surface area contributed by atoms with Crippen LogP contribution in [0, 0.1) is 10.1 Å². The standard InChI is InChI=1S/C28H20N4O4/c33-28-23-15-7-8-16-24(23)30-27(21-12-5-2-6-13-21)31(28)29-18-22-14-9-17-25(32(34)35)26(22)36-19-20-10-3-1-4-11-20/h1-18H,19H2. The van der Waals surface area contributed by atoms with Crippen LogP contribution in [0.5, 0.6) is 5.75 Å². The van der Waals surface area contributed by atoms with E-state index in [0.29, 0.717) is 27.9 Å². The fraction of sp³-hybridized carbons (Fsp3) is 0.0357. The van der Waals surface area contributed by atoms with Crippen LogP contribution in [0.2, 0.25) is 0 Å². The van der Waals surface area contributed by atoms with Crippen molar-refractivity contribution in [3.8, 4) is 17.1 Å². The van der Waals surface area contributed by atoms with Gasteiger partial charge in [-0.3, -0.25) is 14.9 Å². The van der Waals surface area contributed by atoms with Crippen LogP contribution in [0.3, 0.4) is 0 Å². The van der Waals surface area contributed by atoms with Gasteiger partial charge in [0.25, 0.3) is 5.56 Å². The Labute approximate surface area is 205 Å². The molecule has 0 spiro atoms. The Morgan fingerprint density at radius 1 is 0.889 bits per heavy atom. The maximum absolute atomic E-state index is 13.4. The van der Waals surface area contributed by atoms with Crippen LogP contribution < -0.4 is 10.3 Å². The van der Waals surface area contributed by atoms with Crippen LogP contribution >= 0.6 is 0 Å². The van der Waals surface area contributed by atoms with Gasteiger partial charge < -0.3 is 4.74 Å². The largest absolute Gasteiger partial charge is 0.481 e. The molecule has 5 rings (SSSR count). The van der Waals surface area contributed by atoms with Gasteiger partial charge in [-0.05, 0) is 23.8 Å². The first-order chi connectivity index (χ1) is 17.6. The second-order valence-electron chi connectivity index (χ2n) is 7.91. The number of nitro groups is 1. The molecule has 0 fully saturated rings. The maximum atomic E-state index is 13.4. The van der Waals surface area contributed by atoms with Crippen LogP contribution in [0.15, 0.2) is 113 Å². The zero-order chi connectivity index (χ0) is 24.9. The SMILES string of the molecule is O=c1c2ccccc2nc(-c2ccccc2)n1N=Cc1cccc([N+](=O)[O-])c1OCc1ccccc1. The van der Waals surface area contributed by atoms with Crippen molar-refractivity contribution in [1.82, 2.24) is 9.66 Å². The summed E-state index contributed by atoms with van der Waals surface area (Å²) < 4.78 is 7.09. The first-order valence-corrected chi connectivity index (χ1v) is 11.2. The molecule has 4 aromatic carbocycles. The van der Waals surface area contributed by atoms with Gasteiger partial charge in [0.15, 0.2) is 5.82 Å². The number of nitrogens with zero attached hydrogens (tertiary/aromatic N) is 4. The van der Waals surface area contributed by atoms with E-state index in [4.69, 9.17) is 4.74 Å².